The van der Waals surface area contributed by atoms with E-state index in [0.717, 1.165) is 10.0 Å². The molecule has 2 nitrogen and oxygen atoms in total. The van der Waals surface area contributed by atoms with Crippen LogP contribution in [0.2, 0.25) is 0 Å². The van der Waals surface area contributed by atoms with E-state index >= 15 is 0 Å². The Labute approximate surface area is 120 Å². The maximum Gasteiger partial charge on any atom is 0.169 e. The SMILES string of the molecule is COc1cccc(C(N)Cc2cccc(Br)c2)c1F. The first-order valence-electron chi connectivity index (χ1n) is 5.94. The van der Waals surface area contributed by atoms with Crippen LogP contribution in [0.25, 0.3) is 0 Å². The van der Waals surface area contributed by atoms with E-state index in [2.05, 4.69) is 15.9 Å². The van der Waals surface area contributed by atoms with Gasteiger partial charge in [0.15, 0.2) is 11.6 Å². The quantitative estimate of drug-likeness (QED) is 0.927. The lowest BCUT2D eigenvalue weighted by atomic mass is 9.99. The Balaban J connectivity index is 2.23. The van der Waals surface area contributed by atoms with E-state index in [1.807, 2.05) is 24.3 Å². The molecule has 2 rings (SSSR count). The Morgan fingerprint density at radius 1 is 1.26 bits per heavy atom. The highest BCUT2D eigenvalue weighted by molar-refractivity contribution is 9.10. The minimum Gasteiger partial charge on any atom is -0.494 e. The van der Waals surface area contributed by atoms with Crippen LogP contribution in [-0.4, -0.2) is 7.11 Å². The number of benzene rings is 2. The molecule has 4 heteroatoms. The normalized spacial score (nSPS) is 12.2. The zero-order valence-corrected chi connectivity index (χ0v) is 12.2. The van der Waals surface area contributed by atoms with Crippen LogP contribution in [0.5, 0.6) is 5.75 Å². The molecule has 0 fully saturated rings. The zero-order chi connectivity index (χ0) is 13.8. The van der Waals surface area contributed by atoms with Gasteiger partial charge >= 0.3 is 0 Å². The number of nitrogens with two attached hydrogens (primary N) is 1. The molecule has 0 amide bonds. The largest absolute Gasteiger partial charge is 0.494 e. The molecule has 0 spiro atoms. The van der Waals surface area contributed by atoms with E-state index in [1.165, 1.54) is 7.11 Å². The molecule has 1 atom stereocenters. The second kappa shape index (κ2) is 6.17. The van der Waals surface area contributed by atoms with Crippen molar-refractivity contribution in [2.24, 2.45) is 5.73 Å². The second-order valence-corrected chi connectivity index (χ2v) is 5.22. The molecule has 0 aliphatic carbocycles. The summed E-state index contributed by atoms with van der Waals surface area (Å²) in [6.07, 6.45) is 0.573. The minimum absolute atomic E-state index is 0.224. The van der Waals surface area contributed by atoms with Gasteiger partial charge in [0.25, 0.3) is 0 Å². The van der Waals surface area contributed by atoms with Crippen molar-refractivity contribution in [2.45, 2.75) is 12.5 Å². The lowest BCUT2D eigenvalue weighted by Crippen LogP contribution is -2.15. The fourth-order valence-corrected chi connectivity index (χ4v) is 2.45. The number of hydrogen-bond donors (Lipinski definition) is 1. The predicted octanol–water partition coefficient (Wildman–Crippen LogP) is 3.84. The summed E-state index contributed by atoms with van der Waals surface area (Å²) in [6.45, 7) is 0. The van der Waals surface area contributed by atoms with Crippen molar-refractivity contribution >= 4 is 15.9 Å². The molecule has 0 aliphatic rings. The lowest BCUT2D eigenvalue weighted by molar-refractivity contribution is 0.382. The van der Waals surface area contributed by atoms with Crippen LogP contribution in [-0.2, 0) is 6.42 Å². The molecule has 2 aromatic rings. The summed E-state index contributed by atoms with van der Waals surface area (Å²) in [5.41, 5.74) is 7.62. The molecule has 1 unspecified atom stereocenters. The van der Waals surface area contributed by atoms with Gasteiger partial charge in [-0.3, -0.25) is 0 Å². The number of halogens is 2. The van der Waals surface area contributed by atoms with Crippen molar-refractivity contribution in [3.05, 3.63) is 63.9 Å². The Bertz CT molecular complexity index is 574. The third kappa shape index (κ3) is 3.33. The van der Waals surface area contributed by atoms with Crippen LogP contribution >= 0.6 is 15.9 Å². The van der Waals surface area contributed by atoms with Crippen molar-refractivity contribution in [2.75, 3.05) is 7.11 Å². The second-order valence-electron chi connectivity index (χ2n) is 4.30. The Morgan fingerprint density at radius 2 is 2.00 bits per heavy atom. The fourth-order valence-electron chi connectivity index (χ4n) is 2.00. The van der Waals surface area contributed by atoms with Gasteiger partial charge in [0.1, 0.15) is 0 Å². The minimum atomic E-state index is -0.399. The summed E-state index contributed by atoms with van der Waals surface area (Å²) in [5.74, 6) is -0.158. The smallest absolute Gasteiger partial charge is 0.169 e. The summed E-state index contributed by atoms with van der Waals surface area (Å²) in [6, 6.07) is 12.5. The molecule has 2 aromatic carbocycles. The van der Waals surface area contributed by atoms with Gasteiger partial charge in [-0.05, 0) is 30.2 Å². The third-order valence-corrected chi connectivity index (χ3v) is 3.45. The van der Waals surface area contributed by atoms with E-state index in [1.54, 1.807) is 18.2 Å². The number of methoxy groups -OCH3 is 1. The molecular formula is C15H15BrFNO. The first kappa shape index (κ1) is 14.0. The van der Waals surface area contributed by atoms with Crippen LogP contribution in [0.15, 0.2) is 46.9 Å². The molecule has 0 saturated heterocycles. The van der Waals surface area contributed by atoms with Crippen LogP contribution in [0, 0.1) is 5.82 Å². The van der Waals surface area contributed by atoms with Gasteiger partial charge in [0.2, 0.25) is 0 Å². The number of rotatable bonds is 4. The van der Waals surface area contributed by atoms with Crippen molar-refractivity contribution < 1.29 is 9.13 Å². The highest BCUT2D eigenvalue weighted by Gasteiger charge is 2.15. The molecule has 19 heavy (non-hydrogen) atoms. The summed E-state index contributed by atoms with van der Waals surface area (Å²) in [7, 11) is 1.45. The fraction of sp³-hybridized carbons (Fsp3) is 0.200. The third-order valence-electron chi connectivity index (χ3n) is 2.96. The van der Waals surface area contributed by atoms with E-state index in [4.69, 9.17) is 10.5 Å². The molecule has 100 valence electrons. The number of ether oxygens (including phenoxy) is 1. The maximum atomic E-state index is 14.1. The molecular weight excluding hydrogens is 309 g/mol. The maximum absolute atomic E-state index is 14.1. The molecule has 0 aromatic heterocycles. The monoisotopic (exact) mass is 323 g/mol. The zero-order valence-electron chi connectivity index (χ0n) is 10.6. The summed E-state index contributed by atoms with van der Waals surface area (Å²) >= 11 is 3.41. The summed E-state index contributed by atoms with van der Waals surface area (Å²) in [5, 5.41) is 0. The summed E-state index contributed by atoms with van der Waals surface area (Å²) in [4.78, 5) is 0. The average molecular weight is 324 g/mol. The Kier molecular flexibility index (Phi) is 4.56. The first-order chi connectivity index (χ1) is 9.11. The van der Waals surface area contributed by atoms with Gasteiger partial charge in [-0.25, -0.2) is 4.39 Å². The highest BCUT2D eigenvalue weighted by atomic mass is 79.9. The van der Waals surface area contributed by atoms with Crippen LogP contribution in [0.1, 0.15) is 17.2 Å². The molecule has 0 radical (unpaired) electrons. The lowest BCUT2D eigenvalue weighted by Gasteiger charge is -2.15. The standard InChI is InChI=1S/C15H15BrFNO/c1-19-14-7-3-6-12(15(14)17)13(18)9-10-4-2-5-11(16)8-10/h2-8,13H,9,18H2,1H3. The van der Waals surface area contributed by atoms with Crippen molar-refractivity contribution in [3.8, 4) is 5.75 Å². The summed E-state index contributed by atoms with van der Waals surface area (Å²) < 4.78 is 20.0. The van der Waals surface area contributed by atoms with Gasteiger partial charge in [-0.1, -0.05) is 40.2 Å². The Hall–Kier alpha value is -1.39. The molecule has 2 N–H and O–H groups in total. The van der Waals surface area contributed by atoms with Crippen molar-refractivity contribution in [3.63, 3.8) is 0 Å². The molecule has 0 bridgehead atoms. The van der Waals surface area contributed by atoms with Gasteiger partial charge < -0.3 is 10.5 Å². The van der Waals surface area contributed by atoms with Crippen LogP contribution < -0.4 is 10.5 Å². The van der Waals surface area contributed by atoms with Crippen molar-refractivity contribution in [1.29, 1.82) is 0 Å². The van der Waals surface area contributed by atoms with E-state index < -0.39 is 6.04 Å². The van der Waals surface area contributed by atoms with E-state index in [9.17, 15) is 4.39 Å². The van der Waals surface area contributed by atoms with Gasteiger partial charge in [-0.15, -0.1) is 0 Å². The molecule has 0 aliphatic heterocycles. The topological polar surface area (TPSA) is 35.2 Å². The van der Waals surface area contributed by atoms with Gasteiger partial charge in [0, 0.05) is 16.1 Å². The van der Waals surface area contributed by atoms with E-state index in [0.29, 0.717) is 12.0 Å². The van der Waals surface area contributed by atoms with E-state index in [-0.39, 0.29) is 11.6 Å². The van der Waals surface area contributed by atoms with Crippen molar-refractivity contribution in [1.82, 2.24) is 0 Å². The Morgan fingerprint density at radius 3 is 2.68 bits per heavy atom. The van der Waals surface area contributed by atoms with Crippen LogP contribution in [0.4, 0.5) is 4.39 Å². The molecule has 0 heterocycles. The first-order valence-corrected chi connectivity index (χ1v) is 6.73. The predicted molar refractivity (Wildman–Crippen MR) is 77.7 cm³/mol. The number of hydrogen-bond acceptors (Lipinski definition) is 2. The van der Waals surface area contributed by atoms with Crippen LogP contribution in [0.3, 0.4) is 0 Å². The van der Waals surface area contributed by atoms with Gasteiger partial charge in [-0.2, -0.15) is 0 Å². The molecule has 0 saturated carbocycles. The highest BCUT2D eigenvalue weighted by Crippen LogP contribution is 2.26. The average Bonchev–Trinajstić information content (AvgIpc) is 2.39. The van der Waals surface area contributed by atoms with Gasteiger partial charge in [0.05, 0.1) is 7.11 Å².